The molecule has 1 aromatic heterocycles. The molecule has 0 bridgehead atoms. The standard InChI is InChI=1S/C19H18N2O2S/c1-13-3-7-15(8-4-13)17-11-20-23-19(17)21-18(22)12-24-16-9-5-14(2)6-10-16/h3-11H,12H2,1-2H3,(H,21,22). The molecule has 1 N–H and O–H groups in total. The lowest BCUT2D eigenvalue weighted by Crippen LogP contribution is -2.14. The third-order valence-electron chi connectivity index (χ3n) is 3.58. The largest absolute Gasteiger partial charge is 0.338 e. The molecule has 1 amide bonds. The molecule has 5 heteroatoms. The number of nitrogens with zero attached hydrogens (tertiary/aromatic N) is 1. The second-order valence-electron chi connectivity index (χ2n) is 5.58. The fraction of sp³-hybridized carbons (Fsp3) is 0.158. The fourth-order valence-corrected chi connectivity index (χ4v) is 2.91. The molecule has 0 radical (unpaired) electrons. The van der Waals surface area contributed by atoms with Crippen LogP contribution in [0.3, 0.4) is 0 Å². The molecule has 3 aromatic rings. The minimum absolute atomic E-state index is 0.120. The van der Waals surface area contributed by atoms with Gasteiger partial charge in [-0.2, -0.15) is 0 Å². The van der Waals surface area contributed by atoms with Gasteiger partial charge in [-0.05, 0) is 31.5 Å². The van der Waals surface area contributed by atoms with Crippen molar-refractivity contribution < 1.29 is 9.32 Å². The Morgan fingerprint density at radius 3 is 2.33 bits per heavy atom. The number of benzene rings is 2. The van der Waals surface area contributed by atoms with E-state index in [0.29, 0.717) is 11.6 Å². The summed E-state index contributed by atoms with van der Waals surface area (Å²) < 4.78 is 5.20. The Labute approximate surface area is 145 Å². The predicted octanol–water partition coefficient (Wildman–Crippen LogP) is 4.69. The van der Waals surface area contributed by atoms with Gasteiger partial charge in [0.05, 0.1) is 17.5 Å². The van der Waals surface area contributed by atoms with Gasteiger partial charge in [0.1, 0.15) is 0 Å². The molecule has 122 valence electrons. The summed E-state index contributed by atoms with van der Waals surface area (Å²) in [6.07, 6.45) is 1.62. The zero-order valence-corrected chi connectivity index (χ0v) is 14.4. The van der Waals surface area contributed by atoms with Crippen molar-refractivity contribution in [1.29, 1.82) is 0 Å². The van der Waals surface area contributed by atoms with Crippen molar-refractivity contribution in [3.05, 3.63) is 65.9 Å². The van der Waals surface area contributed by atoms with E-state index in [0.717, 1.165) is 16.0 Å². The Morgan fingerprint density at radius 1 is 1.04 bits per heavy atom. The van der Waals surface area contributed by atoms with E-state index in [1.165, 1.54) is 22.9 Å². The molecule has 2 aromatic carbocycles. The molecule has 0 saturated carbocycles. The van der Waals surface area contributed by atoms with Crippen LogP contribution >= 0.6 is 11.8 Å². The van der Waals surface area contributed by atoms with Gasteiger partial charge in [-0.15, -0.1) is 11.8 Å². The first-order chi connectivity index (χ1) is 11.6. The summed E-state index contributed by atoms with van der Waals surface area (Å²) in [7, 11) is 0. The highest BCUT2D eigenvalue weighted by atomic mass is 32.2. The molecule has 0 aliphatic heterocycles. The predicted molar refractivity (Wildman–Crippen MR) is 97.2 cm³/mol. The lowest BCUT2D eigenvalue weighted by Gasteiger charge is -2.05. The smallest absolute Gasteiger partial charge is 0.239 e. The first kappa shape index (κ1) is 16.3. The van der Waals surface area contributed by atoms with Gasteiger partial charge < -0.3 is 4.52 Å². The van der Waals surface area contributed by atoms with Crippen molar-refractivity contribution in [2.45, 2.75) is 18.7 Å². The van der Waals surface area contributed by atoms with Crippen molar-refractivity contribution in [1.82, 2.24) is 5.16 Å². The van der Waals surface area contributed by atoms with E-state index in [4.69, 9.17) is 4.52 Å². The van der Waals surface area contributed by atoms with Crippen LogP contribution in [-0.2, 0) is 4.79 Å². The summed E-state index contributed by atoms with van der Waals surface area (Å²) in [4.78, 5) is 13.2. The highest BCUT2D eigenvalue weighted by Crippen LogP contribution is 2.28. The zero-order valence-electron chi connectivity index (χ0n) is 13.6. The number of thioether (sulfide) groups is 1. The average Bonchev–Trinajstić information content (AvgIpc) is 3.03. The van der Waals surface area contributed by atoms with E-state index >= 15 is 0 Å². The molecule has 3 rings (SSSR count). The van der Waals surface area contributed by atoms with Gasteiger partial charge in [0, 0.05) is 4.90 Å². The van der Waals surface area contributed by atoms with Crippen molar-refractivity contribution in [2.75, 3.05) is 11.1 Å². The number of hydrogen-bond acceptors (Lipinski definition) is 4. The van der Waals surface area contributed by atoms with E-state index in [-0.39, 0.29) is 5.91 Å². The third-order valence-corrected chi connectivity index (χ3v) is 4.59. The first-order valence-electron chi connectivity index (χ1n) is 7.63. The number of hydrogen-bond donors (Lipinski definition) is 1. The van der Waals surface area contributed by atoms with E-state index in [9.17, 15) is 4.79 Å². The quantitative estimate of drug-likeness (QED) is 0.686. The van der Waals surface area contributed by atoms with E-state index in [2.05, 4.69) is 10.5 Å². The molecular weight excluding hydrogens is 320 g/mol. The Bertz CT molecular complexity index is 823. The van der Waals surface area contributed by atoms with Crippen molar-refractivity contribution in [3.63, 3.8) is 0 Å². The van der Waals surface area contributed by atoms with Crippen LogP contribution in [0.1, 0.15) is 11.1 Å². The average molecular weight is 338 g/mol. The topological polar surface area (TPSA) is 55.1 Å². The highest BCUT2D eigenvalue weighted by Gasteiger charge is 2.13. The van der Waals surface area contributed by atoms with Crippen LogP contribution in [-0.4, -0.2) is 16.8 Å². The molecule has 1 heterocycles. The number of carbonyl (C=O) groups is 1. The van der Waals surface area contributed by atoms with Crippen molar-refractivity contribution in [3.8, 4) is 11.1 Å². The van der Waals surface area contributed by atoms with Gasteiger partial charge in [0.2, 0.25) is 11.8 Å². The number of amides is 1. The SMILES string of the molecule is Cc1ccc(SCC(=O)Nc2oncc2-c2ccc(C)cc2)cc1. The van der Waals surface area contributed by atoms with Crippen LogP contribution < -0.4 is 5.32 Å². The molecule has 0 atom stereocenters. The van der Waals surface area contributed by atoms with Crippen LogP contribution in [0.4, 0.5) is 5.88 Å². The summed E-state index contributed by atoms with van der Waals surface area (Å²) in [5, 5.41) is 6.60. The Balaban J connectivity index is 1.64. The summed E-state index contributed by atoms with van der Waals surface area (Å²) in [6.45, 7) is 4.07. The summed E-state index contributed by atoms with van der Waals surface area (Å²) in [5.74, 6) is 0.580. The Morgan fingerprint density at radius 2 is 1.67 bits per heavy atom. The Kier molecular flexibility index (Phi) is 5.01. The Hall–Kier alpha value is -2.53. The number of rotatable bonds is 5. The van der Waals surface area contributed by atoms with Gasteiger partial charge >= 0.3 is 0 Å². The van der Waals surface area contributed by atoms with E-state index in [1.54, 1.807) is 6.20 Å². The minimum atomic E-state index is -0.120. The number of carbonyl (C=O) groups excluding carboxylic acids is 1. The molecule has 0 saturated heterocycles. The van der Waals surface area contributed by atoms with Crippen molar-refractivity contribution in [2.24, 2.45) is 0 Å². The van der Waals surface area contributed by atoms with Gasteiger partial charge in [-0.1, -0.05) is 52.7 Å². The lowest BCUT2D eigenvalue weighted by molar-refractivity contribution is -0.113. The van der Waals surface area contributed by atoms with Gasteiger partial charge in [-0.25, -0.2) is 0 Å². The first-order valence-corrected chi connectivity index (χ1v) is 8.61. The maximum Gasteiger partial charge on any atom is 0.239 e. The van der Waals surface area contributed by atoms with Crippen LogP contribution in [0.2, 0.25) is 0 Å². The second kappa shape index (κ2) is 7.36. The number of aryl methyl sites for hydroxylation is 2. The summed E-state index contributed by atoms with van der Waals surface area (Å²) >= 11 is 1.49. The number of anilines is 1. The maximum absolute atomic E-state index is 12.2. The van der Waals surface area contributed by atoms with E-state index in [1.807, 2.05) is 62.4 Å². The molecular formula is C19H18N2O2S. The second-order valence-corrected chi connectivity index (χ2v) is 6.63. The third kappa shape index (κ3) is 4.06. The summed E-state index contributed by atoms with van der Waals surface area (Å²) in [6, 6.07) is 16.1. The van der Waals surface area contributed by atoms with Crippen LogP contribution in [0.15, 0.2) is 64.1 Å². The van der Waals surface area contributed by atoms with Gasteiger partial charge in [0.15, 0.2) is 0 Å². The lowest BCUT2D eigenvalue weighted by atomic mass is 10.1. The zero-order chi connectivity index (χ0) is 16.9. The molecule has 4 nitrogen and oxygen atoms in total. The number of nitrogens with one attached hydrogen (secondary N) is 1. The molecule has 0 spiro atoms. The monoisotopic (exact) mass is 338 g/mol. The number of aromatic nitrogens is 1. The molecule has 0 aliphatic carbocycles. The van der Waals surface area contributed by atoms with Gasteiger partial charge in [-0.3, -0.25) is 10.1 Å². The molecule has 24 heavy (non-hydrogen) atoms. The molecule has 0 unspecified atom stereocenters. The molecule has 0 fully saturated rings. The maximum atomic E-state index is 12.2. The van der Waals surface area contributed by atoms with Crippen LogP contribution in [0.25, 0.3) is 11.1 Å². The van der Waals surface area contributed by atoms with Crippen LogP contribution in [0, 0.1) is 13.8 Å². The molecule has 0 aliphatic rings. The highest BCUT2D eigenvalue weighted by molar-refractivity contribution is 8.00. The van der Waals surface area contributed by atoms with Crippen molar-refractivity contribution >= 4 is 23.6 Å². The summed E-state index contributed by atoms with van der Waals surface area (Å²) in [5.41, 5.74) is 4.12. The normalized spacial score (nSPS) is 10.6. The van der Waals surface area contributed by atoms with Gasteiger partial charge in [0.25, 0.3) is 0 Å². The fourth-order valence-electron chi connectivity index (χ4n) is 2.21. The van der Waals surface area contributed by atoms with Crippen LogP contribution in [0.5, 0.6) is 0 Å². The van der Waals surface area contributed by atoms with E-state index < -0.39 is 0 Å². The minimum Gasteiger partial charge on any atom is -0.338 e.